The fraction of sp³-hybridized carbons (Fsp3) is 0.364. The molecule has 3 atom stereocenters. The molecule has 4 rings (SSSR count). The van der Waals surface area contributed by atoms with Crippen molar-refractivity contribution < 1.29 is 19.1 Å². The summed E-state index contributed by atoms with van der Waals surface area (Å²) < 4.78 is 16.5. The lowest BCUT2D eigenvalue weighted by molar-refractivity contribution is -0.385. The Hall–Kier alpha value is -3.22. The lowest BCUT2D eigenvalue weighted by Crippen LogP contribution is -2.29. The van der Waals surface area contributed by atoms with E-state index in [0.717, 1.165) is 23.2 Å². The van der Waals surface area contributed by atoms with Gasteiger partial charge in [-0.3, -0.25) is 10.1 Å². The number of nitrogens with one attached hydrogen (secondary N) is 1. The molecule has 2 aliphatic rings. The number of nitro benzene ring substituents is 1. The van der Waals surface area contributed by atoms with Crippen LogP contribution in [0.5, 0.6) is 17.2 Å². The molecule has 0 bridgehead atoms. The van der Waals surface area contributed by atoms with Gasteiger partial charge < -0.3 is 19.5 Å². The lowest BCUT2D eigenvalue weighted by atomic mass is 9.76. The molecule has 0 saturated heterocycles. The molecule has 152 valence electrons. The Morgan fingerprint density at radius 3 is 2.38 bits per heavy atom. The van der Waals surface area contributed by atoms with E-state index in [1.807, 2.05) is 18.2 Å². The van der Waals surface area contributed by atoms with Crippen molar-refractivity contribution in [2.45, 2.75) is 25.3 Å². The van der Waals surface area contributed by atoms with E-state index in [9.17, 15) is 10.1 Å². The fourth-order valence-electron chi connectivity index (χ4n) is 4.61. The first-order chi connectivity index (χ1) is 14.0. The number of allylic oxidation sites excluding steroid dienone is 2. The van der Waals surface area contributed by atoms with Crippen LogP contribution in [0.25, 0.3) is 0 Å². The minimum Gasteiger partial charge on any atom is -0.493 e. The molecule has 2 aromatic carbocycles. The quantitative estimate of drug-likeness (QED) is 0.446. The molecule has 1 heterocycles. The summed E-state index contributed by atoms with van der Waals surface area (Å²) in [7, 11) is 4.77. The van der Waals surface area contributed by atoms with Gasteiger partial charge in [0.2, 0.25) is 5.75 Å². The predicted molar refractivity (Wildman–Crippen MR) is 110 cm³/mol. The molecule has 1 N–H and O–H groups in total. The number of ether oxygens (including phenoxy) is 3. The van der Waals surface area contributed by atoms with Gasteiger partial charge in [0.25, 0.3) is 5.69 Å². The number of anilines is 1. The van der Waals surface area contributed by atoms with Crippen LogP contribution < -0.4 is 19.5 Å². The molecular weight excluding hydrogens is 372 g/mol. The van der Waals surface area contributed by atoms with E-state index in [0.29, 0.717) is 28.7 Å². The van der Waals surface area contributed by atoms with E-state index in [4.69, 9.17) is 14.2 Å². The van der Waals surface area contributed by atoms with E-state index < -0.39 is 0 Å². The highest BCUT2D eigenvalue weighted by molar-refractivity contribution is 5.70. The summed E-state index contributed by atoms with van der Waals surface area (Å²) in [6.07, 6.45) is 5.32. The molecule has 29 heavy (non-hydrogen) atoms. The molecule has 0 amide bonds. The van der Waals surface area contributed by atoms with Gasteiger partial charge in [-0.1, -0.05) is 12.2 Å². The minimum absolute atomic E-state index is 0.0445. The van der Waals surface area contributed by atoms with Gasteiger partial charge in [-0.15, -0.1) is 0 Å². The van der Waals surface area contributed by atoms with E-state index in [-0.39, 0.29) is 22.6 Å². The van der Waals surface area contributed by atoms with Gasteiger partial charge >= 0.3 is 0 Å². The van der Waals surface area contributed by atoms with Crippen LogP contribution in [-0.2, 0) is 0 Å². The van der Waals surface area contributed by atoms with Gasteiger partial charge in [-0.25, -0.2) is 0 Å². The molecule has 0 spiro atoms. The van der Waals surface area contributed by atoms with Crippen molar-refractivity contribution in [2.24, 2.45) is 5.92 Å². The zero-order valence-electron chi connectivity index (χ0n) is 16.9. The number of rotatable bonds is 5. The van der Waals surface area contributed by atoms with Crippen molar-refractivity contribution in [2.75, 3.05) is 26.6 Å². The average Bonchev–Trinajstić information content (AvgIpc) is 3.22. The third-order valence-electron chi connectivity index (χ3n) is 6.01. The zero-order chi connectivity index (χ0) is 20.7. The highest BCUT2D eigenvalue weighted by Gasteiger charge is 2.40. The Morgan fingerprint density at radius 1 is 1.10 bits per heavy atom. The molecule has 3 unspecified atom stereocenters. The largest absolute Gasteiger partial charge is 0.493 e. The van der Waals surface area contributed by atoms with Gasteiger partial charge in [0, 0.05) is 17.7 Å². The topological polar surface area (TPSA) is 82.9 Å². The summed E-state index contributed by atoms with van der Waals surface area (Å²) in [4.78, 5) is 11.1. The van der Waals surface area contributed by atoms with Crippen LogP contribution in [0.4, 0.5) is 11.4 Å². The summed E-state index contributed by atoms with van der Waals surface area (Å²) in [5.41, 5.74) is 3.72. The summed E-state index contributed by atoms with van der Waals surface area (Å²) in [6, 6.07) is 7.35. The van der Waals surface area contributed by atoms with Gasteiger partial charge in [0.1, 0.15) is 0 Å². The highest BCUT2D eigenvalue weighted by atomic mass is 16.6. The predicted octanol–water partition coefficient (Wildman–Crippen LogP) is 4.76. The highest BCUT2D eigenvalue weighted by Crippen LogP contribution is 2.53. The number of nitrogens with zero attached hydrogens (tertiary/aromatic N) is 1. The summed E-state index contributed by atoms with van der Waals surface area (Å²) in [6.45, 7) is 1.80. The molecule has 2 aromatic rings. The van der Waals surface area contributed by atoms with Crippen molar-refractivity contribution in [3.8, 4) is 17.2 Å². The smallest absolute Gasteiger partial charge is 0.274 e. The third-order valence-corrected chi connectivity index (χ3v) is 6.01. The SMILES string of the molecule is COc1cc(C2Nc3c(ccc([N+](=O)[O-])c3C)C3C=CCC32)cc(OC)c1OC. The van der Waals surface area contributed by atoms with Gasteiger partial charge in [0.05, 0.1) is 37.9 Å². The van der Waals surface area contributed by atoms with Gasteiger partial charge in [0.15, 0.2) is 11.5 Å². The summed E-state index contributed by atoms with van der Waals surface area (Å²) >= 11 is 0. The van der Waals surface area contributed by atoms with Crippen LogP contribution in [0.1, 0.15) is 35.1 Å². The molecule has 7 nitrogen and oxygen atoms in total. The Bertz CT molecular complexity index is 976. The van der Waals surface area contributed by atoms with Crippen molar-refractivity contribution in [1.29, 1.82) is 0 Å². The molecular formula is C22H24N2O5. The molecule has 7 heteroatoms. The van der Waals surface area contributed by atoms with Crippen LogP contribution in [-0.4, -0.2) is 26.3 Å². The van der Waals surface area contributed by atoms with Crippen molar-refractivity contribution >= 4 is 11.4 Å². The van der Waals surface area contributed by atoms with E-state index >= 15 is 0 Å². The van der Waals surface area contributed by atoms with E-state index in [1.165, 1.54) is 0 Å². The molecule has 0 fully saturated rings. The first-order valence-corrected chi connectivity index (χ1v) is 9.51. The average molecular weight is 396 g/mol. The fourth-order valence-corrected chi connectivity index (χ4v) is 4.61. The van der Waals surface area contributed by atoms with Crippen LogP contribution in [0, 0.1) is 23.0 Å². The maximum absolute atomic E-state index is 11.4. The van der Waals surface area contributed by atoms with Crippen LogP contribution >= 0.6 is 0 Å². The maximum Gasteiger partial charge on any atom is 0.274 e. The molecule has 1 aliphatic heterocycles. The van der Waals surface area contributed by atoms with Crippen LogP contribution in [0.15, 0.2) is 36.4 Å². The molecule has 0 aromatic heterocycles. The Labute approximate surface area is 169 Å². The number of fused-ring (bicyclic) bond motifs is 3. The first kappa shape index (κ1) is 19.1. The molecule has 0 radical (unpaired) electrons. The van der Waals surface area contributed by atoms with Gasteiger partial charge in [-0.05, 0) is 48.6 Å². The minimum atomic E-state index is -0.331. The summed E-state index contributed by atoms with van der Waals surface area (Å²) in [5, 5.41) is 15.0. The number of hydrogen-bond donors (Lipinski definition) is 1. The molecule has 1 aliphatic carbocycles. The Kier molecular flexibility index (Phi) is 4.82. The van der Waals surface area contributed by atoms with E-state index in [2.05, 4.69) is 17.5 Å². The number of benzene rings is 2. The number of nitro groups is 1. The van der Waals surface area contributed by atoms with Crippen LogP contribution in [0.2, 0.25) is 0 Å². The van der Waals surface area contributed by atoms with Crippen molar-refractivity contribution in [3.05, 3.63) is 63.2 Å². The van der Waals surface area contributed by atoms with Crippen LogP contribution in [0.3, 0.4) is 0 Å². The number of methoxy groups -OCH3 is 3. The monoisotopic (exact) mass is 396 g/mol. The second kappa shape index (κ2) is 7.31. The van der Waals surface area contributed by atoms with E-state index in [1.54, 1.807) is 34.3 Å². The maximum atomic E-state index is 11.4. The second-order valence-corrected chi connectivity index (χ2v) is 7.37. The zero-order valence-corrected chi connectivity index (χ0v) is 16.9. The van der Waals surface area contributed by atoms with Gasteiger partial charge in [-0.2, -0.15) is 0 Å². The normalized spacial score (nSPS) is 21.7. The van der Waals surface area contributed by atoms with Crippen molar-refractivity contribution in [1.82, 2.24) is 0 Å². The third kappa shape index (κ3) is 2.97. The Morgan fingerprint density at radius 2 is 1.79 bits per heavy atom. The number of hydrogen-bond acceptors (Lipinski definition) is 6. The standard InChI is InChI=1S/C22H24N2O5/c1-12-17(24(25)26)9-8-16-14-6-5-7-15(14)21(23-20(12)16)13-10-18(27-2)22(29-4)19(11-13)28-3/h5-6,8-11,14-15,21,23H,7H2,1-4H3. The van der Waals surface area contributed by atoms with Crippen molar-refractivity contribution in [3.63, 3.8) is 0 Å². The Balaban J connectivity index is 1.85. The second-order valence-electron chi connectivity index (χ2n) is 7.37. The molecule has 0 saturated carbocycles. The lowest BCUT2D eigenvalue weighted by Gasteiger charge is -2.38. The first-order valence-electron chi connectivity index (χ1n) is 9.51. The summed E-state index contributed by atoms with van der Waals surface area (Å²) in [5.74, 6) is 2.23.